The van der Waals surface area contributed by atoms with Crippen LogP contribution in [0.5, 0.6) is 0 Å². The molecule has 0 saturated heterocycles. The van der Waals surface area contributed by atoms with E-state index in [0.29, 0.717) is 12.8 Å². The fourth-order valence-corrected chi connectivity index (χ4v) is 6.92. The molecule has 0 aromatic rings. The summed E-state index contributed by atoms with van der Waals surface area (Å²) in [6, 6.07) is 0. The Kier molecular flexibility index (Phi) is 52.6. The predicted molar refractivity (Wildman–Crippen MR) is 302 cm³/mol. The van der Waals surface area contributed by atoms with Crippen LogP contribution in [-0.4, -0.2) is 37.2 Å². The van der Waals surface area contributed by atoms with E-state index in [-0.39, 0.29) is 37.5 Å². The summed E-state index contributed by atoms with van der Waals surface area (Å²) in [6.45, 7) is 6.22. The highest BCUT2D eigenvalue weighted by Crippen LogP contribution is 2.14. The fraction of sp³-hybridized carbons (Fsp3) is 0.547. The summed E-state index contributed by atoms with van der Waals surface area (Å²) in [7, 11) is 0. The normalized spacial score (nSPS) is 13.4. The van der Waals surface area contributed by atoms with Crippen molar-refractivity contribution in [2.75, 3.05) is 13.2 Å². The first-order valence-corrected chi connectivity index (χ1v) is 27.6. The largest absolute Gasteiger partial charge is 0.462 e. The van der Waals surface area contributed by atoms with E-state index >= 15 is 0 Å². The van der Waals surface area contributed by atoms with Crippen molar-refractivity contribution in [3.63, 3.8) is 0 Å². The van der Waals surface area contributed by atoms with Gasteiger partial charge in [0, 0.05) is 19.3 Å². The molecule has 0 aliphatic carbocycles. The lowest BCUT2D eigenvalue weighted by Crippen LogP contribution is -2.30. The highest BCUT2D eigenvalue weighted by molar-refractivity contribution is 5.71. The van der Waals surface area contributed by atoms with Gasteiger partial charge in [-0.25, -0.2) is 0 Å². The molecule has 6 heteroatoms. The number of rotatable bonds is 47. The number of esters is 3. The van der Waals surface area contributed by atoms with E-state index < -0.39 is 6.10 Å². The molecule has 1 unspecified atom stereocenters. The van der Waals surface area contributed by atoms with Gasteiger partial charge in [-0.05, 0) is 89.9 Å². The van der Waals surface area contributed by atoms with Crippen molar-refractivity contribution in [2.24, 2.45) is 0 Å². The summed E-state index contributed by atoms with van der Waals surface area (Å²) in [5.74, 6) is -0.996. The van der Waals surface area contributed by atoms with Gasteiger partial charge >= 0.3 is 17.9 Å². The molecular formula is C64H98O6. The summed E-state index contributed by atoms with van der Waals surface area (Å²) in [6.07, 6.45) is 82.2. The van der Waals surface area contributed by atoms with Crippen LogP contribution in [0.15, 0.2) is 158 Å². The maximum absolute atomic E-state index is 12.8. The van der Waals surface area contributed by atoms with E-state index in [9.17, 15) is 14.4 Å². The van der Waals surface area contributed by atoms with Crippen LogP contribution in [0.4, 0.5) is 0 Å². The molecule has 0 aromatic heterocycles. The van der Waals surface area contributed by atoms with Crippen LogP contribution in [0, 0.1) is 0 Å². The molecule has 0 heterocycles. The fourth-order valence-electron chi connectivity index (χ4n) is 6.92. The van der Waals surface area contributed by atoms with Crippen molar-refractivity contribution in [1.29, 1.82) is 0 Å². The molecule has 0 amide bonds. The van der Waals surface area contributed by atoms with E-state index in [1.54, 1.807) is 0 Å². The Labute approximate surface area is 429 Å². The standard InChI is InChI=1S/C64H98O6/c1-4-7-10-13-16-19-22-25-28-30-32-34-36-39-42-45-48-51-54-57-63(66)69-60-61(59-68-62(65)56-53-50-47-44-41-38-35-27-24-21-18-15-12-9-6-3)70-64(67)58-55-52-49-46-43-40-37-33-31-29-26-23-20-17-14-11-8-5-2/h7,9-12,14-21,23-29,31,33,35,37-38,41,61H,4-6,8,13,22,30,32,34,36,39-40,42-60H2,1-3H3/b10-7-,12-9-,14-11-,18-15-,19-16-,20-17-,24-21-,26-23-,28-25-,31-29-,35-27-,37-33-,41-38-. The summed E-state index contributed by atoms with van der Waals surface area (Å²) in [4.78, 5) is 38.1. The van der Waals surface area contributed by atoms with Crippen LogP contribution in [0.3, 0.4) is 0 Å². The number of hydrogen-bond acceptors (Lipinski definition) is 6. The van der Waals surface area contributed by atoms with Gasteiger partial charge < -0.3 is 14.2 Å². The van der Waals surface area contributed by atoms with Gasteiger partial charge in [-0.2, -0.15) is 0 Å². The lowest BCUT2D eigenvalue weighted by atomic mass is 10.1. The van der Waals surface area contributed by atoms with E-state index in [1.807, 2.05) is 85.1 Å². The van der Waals surface area contributed by atoms with E-state index in [1.165, 1.54) is 44.9 Å². The van der Waals surface area contributed by atoms with Gasteiger partial charge in [-0.1, -0.05) is 256 Å². The first-order valence-electron chi connectivity index (χ1n) is 27.6. The lowest BCUT2D eigenvalue weighted by Gasteiger charge is -2.18. The average molecular weight is 963 g/mol. The molecule has 0 aliphatic rings. The zero-order valence-electron chi connectivity index (χ0n) is 44.5. The highest BCUT2D eigenvalue weighted by atomic mass is 16.6. The Bertz CT molecular complexity index is 1620. The number of carbonyl (C=O) groups is 3. The number of ether oxygens (including phenoxy) is 3. The molecule has 0 N–H and O–H groups in total. The summed E-state index contributed by atoms with van der Waals surface area (Å²) < 4.78 is 16.8. The van der Waals surface area contributed by atoms with Crippen LogP contribution in [0.25, 0.3) is 0 Å². The summed E-state index contributed by atoms with van der Waals surface area (Å²) in [5, 5.41) is 0. The van der Waals surface area contributed by atoms with Crippen molar-refractivity contribution in [3.8, 4) is 0 Å². The third-order valence-electron chi connectivity index (χ3n) is 11.0. The first kappa shape index (κ1) is 65.0. The minimum Gasteiger partial charge on any atom is -0.462 e. The molecule has 0 aromatic carbocycles. The zero-order valence-corrected chi connectivity index (χ0v) is 44.5. The third-order valence-corrected chi connectivity index (χ3v) is 11.0. The number of allylic oxidation sites excluding steroid dienone is 26. The smallest absolute Gasteiger partial charge is 0.306 e. The Morgan fingerprint density at radius 3 is 1.06 bits per heavy atom. The Balaban J connectivity index is 4.55. The summed E-state index contributed by atoms with van der Waals surface area (Å²) >= 11 is 0. The zero-order chi connectivity index (χ0) is 50.7. The molecule has 0 bridgehead atoms. The Hall–Kier alpha value is -4.97. The van der Waals surface area contributed by atoms with Crippen LogP contribution in [-0.2, 0) is 28.6 Å². The minimum atomic E-state index is -0.820. The second-order valence-corrected chi connectivity index (χ2v) is 17.6. The molecule has 0 fully saturated rings. The van der Waals surface area contributed by atoms with Crippen LogP contribution in [0.1, 0.15) is 207 Å². The maximum Gasteiger partial charge on any atom is 0.306 e. The van der Waals surface area contributed by atoms with Crippen LogP contribution < -0.4 is 0 Å². The van der Waals surface area contributed by atoms with E-state index in [0.717, 1.165) is 122 Å². The van der Waals surface area contributed by atoms with Gasteiger partial charge in [0.05, 0.1) is 0 Å². The predicted octanol–water partition coefficient (Wildman–Crippen LogP) is 18.6. The Morgan fingerprint density at radius 1 is 0.314 bits per heavy atom. The molecule has 0 rings (SSSR count). The van der Waals surface area contributed by atoms with E-state index in [2.05, 4.69) is 93.7 Å². The quantitative estimate of drug-likeness (QED) is 0.0199. The Morgan fingerprint density at radius 2 is 0.629 bits per heavy atom. The molecule has 1 atom stereocenters. The minimum absolute atomic E-state index is 0.113. The van der Waals surface area contributed by atoms with Crippen LogP contribution in [0.2, 0.25) is 0 Å². The van der Waals surface area contributed by atoms with Crippen molar-refractivity contribution in [3.05, 3.63) is 158 Å². The van der Waals surface area contributed by atoms with Gasteiger partial charge in [0.15, 0.2) is 6.10 Å². The highest BCUT2D eigenvalue weighted by Gasteiger charge is 2.19. The van der Waals surface area contributed by atoms with Gasteiger partial charge in [0.1, 0.15) is 13.2 Å². The third kappa shape index (κ3) is 54.0. The maximum atomic E-state index is 12.8. The van der Waals surface area contributed by atoms with Crippen LogP contribution >= 0.6 is 0 Å². The van der Waals surface area contributed by atoms with Crippen molar-refractivity contribution in [1.82, 2.24) is 0 Å². The second kappa shape index (κ2) is 56.6. The first-order chi connectivity index (χ1) is 34.5. The average Bonchev–Trinajstić information content (AvgIpc) is 3.36. The topological polar surface area (TPSA) is 78.9 Å². The lowest BCUT2D eigenvalue weighted by molar-refractivity contribution is -0.167. The second-order valence-electron chi connectivity index (χ2n) is 17.6. The number of hydrogen-bond donors (Lipinski definition) is 0. The summed E-state index contributed by atoms with van der Waals surface area (Å²) in [5.41, 5.74) is 0. The van der Waals surface area contributed by atoms with Gasteiger partial charge in [-0.3, -0.25) is 14.4 Å². The van der Waals surface area contributed by atoms with Crippen molar-refractivity contribution >= 4 is 17.9 Å². The molecule has 0 saturated carbocycles. The number of carbonyl (C=O) groups excluding carboxylic acids is 3. The monoisotopic (exact) mass is 963 g/mol. The van der Waals surface area contributed by atoms with Crippen molar-refractivity contribution in [2.45, 2.75) is 213 Å². The van der Waals surface area contributed by atoms with Crippen molar-refractivity contribution < 1.29 is 28.6 Å². The molecule has 0 spiro atoms. The molecule has 390 valence electrons. The van der Waals surface area contributed by atoms with Gasteiger partial charge in [-0.15, -0.1) is 0 Å². The van der Waals surface area contributed by atoms with Gasteiger partial charge in [0.2, 0.25) is 0 Å². The number of unbranched alkanes of at least 4 members (excludes halogenated alkanes) is 18. The molecule has 0 radical (unpaired) electrons. The van der Waals surface area contributed by atoms with Gasteiger partial charge in [0.25, 0.3) is 0 Å². The molecule has 70 heavy (non-hydrogen) atoms. The SMILES string of the molecule is CC\C=C/C=C\C=C/C=C\C=C/CCCCCC(=O)OCC(COC(=O)CCCCCCCCCCC/C=C\C/C=C\C/C=C\CC)OC(=O)CCCCCCC\C=C/C=C\C=C/C=C\C=C/CCC. The molecule has 0 aliphatic heterocycles. The molecular weight excluding hydrogens is 865 g/mol. The molecule has 6 nitrogen and oxygen atoms in total. The van der Waals surface area contributed by atoms with E-state index in [4.69, 9.17) is 14.2 Å².